The number of methoxy groups -OCH3 is 1. The number of ether oxygens (including phenoxy) is 1. The van der Waals surface area contributed by atoms with Crippen LogP contribution in [0.15, 0.2) is 29.2 Å². The van der Waals surface area contributed by atoms with Crippen LogP contribution in [0.3, 0.4) is 0 Å². The molecule has 1 aliphatic carbocycles. The molecule has 0 saturated carbocycles. The van der Waals surface area contributed by atoms with Crippen LogP contribution < -0.4 is 15.2 Å². The van der Waals surface area contributed by atoms with Crippen molar-refractivity contribution in [1.82, 2.24) is 9.97 Å². The Hall–Kier alpha value is -2.35. The summed E-state index contributed by atoms with van der Waals surface area (Å²) < 4.78 is 32.3. The van der Waals surface area contributed by atoms with Crippen LogP contribution in [0.4, 0.5) is 11.6 Å². The van der Waals surface area contributed by atoms with Gasteiger partial charge in [-0.1, -0.05) is 0 Å². The summed E-state index contributed by atoms with van der Waals surface area (Å²) in [4.78, 5) is 8.53. The van der Waals surface area contributed by atoms with Crippen molar-refractivity contribution in [2.45, 2.75) is 24.2 Å². The fraction of sp³-hybridized carbons (Fsp3) is 0.286. The molecule has 1 aromatic heterocycles. The number of rotatable bonds is 4. The van der Waals surface area contributed by atoms with Crippen molar-refractivity contribution in [3.05, 3.63) is 35.5 Å². The molecule has 2 aromatic rings. The van der Waals surface area contributed by atoms with Crippen molar-refractivity contribution in [2.75, 3.05) is 17.6 Å². The van der Waals surface area contributed by atoms with E-state index in [0.29, 0.717) is 11.6 Å². The van der Waals surface area contributed by atoms with Crippen molar-refractivity contribution in [3.8, 4) is 5.88 Å². The zero-order valence-electron chi connectivity index (χ0n) is 12.0. The summed E-state index contributed by atoms with van der Waals surface area (Å²) in [6, 6.07) is 5.92. The molecule has 0 radical (unpaired) electrons. The minimum atomic E-state index is -3.76. The zero-order chi connectivity index (χ0) is 15.7. The van der Waals surface area contributed by atoms with E-state index in [9.17, 15) is 8.42 Å². The molecule has 22 heavy (non-hydrogen) atoms. The Morgan fingerprint density at radius 2 is 1.91 bits per heavy atom. The Morgan fingerprint density at radius 1 is 1.18 bits per heavy atom. The molecule has 0 fully saturated rings. The Kier molecular flexibility index (Phi) is 3.61. The van der Waals surface area contributed by atoms with Gasteiger partial charge in [0.2, 0.25) is 11.8 Å². The van der Waals surface area contributed by atoms with Gasteiger partial charge in [0.25, 0.3) is 10.0 Å². The summed E-state index contributed by atoms with van der Waals surface area (Å²) in [5.74, 6) is 0.451. The second-order valence-electron chi connectivity index (χ2n) is 5.01. The van der Waals surface area contributed by atoms with E-state index in [2.05, 4.69) is 14.7 Å². The summed E-state index contributed by atoms with van der Waals surface area (Å²) in [6.07, 6.45) is 2.61. The molecule has 116 valence electrons. The summed E-state index contributed by atoms with van der Waals surface area (Å²) >= 11 is 0. The number of hydrogen-bond donors (Lipinski definition) is 2. The van der Waals surface area contributed by atoms with Crippen molar-refractivity contribution >= 4 is 21.7 Å². The number of anilines is 2. The van der Waals surface area contributed by atoms with E-state index < -0.39 is 10.0 Å². The van der Waals surface area contributed by atoms with Crippen LogP contribution in [0.25, 0.3) is 0 Å². The van der Waals surface area contributed by atoms with Crippen LogP contribution in [0, 0.1) is 0 Å². The van der Waals surface area contributed by atoms with E-state index in [1.165, 1.54) is 31.4 Å². The molecule has 1 aromatic carbocycles. The minimum Gasteiger partial charge on any atom is -0.481 e. The maximum Gasteiger partial charge on any atom is 0.264 e. The number of aryl methyl sites for hydroxylation is 1. The Morgan fingerprint density at radius 3 is 2.59 bits per heavy atom. The van der Waals surface area contributed by atoms with Gasteiger partial charge in [-0.15, -0.1) is 0 Å². The second-order valence-corrected chi connectivity index (χ2v) is 6.69. The maximum absolute atomic E-state index is 12.3. The average Bonchev–Trinajstić information content (AvgIpc) is 2.94. The molecule has 1 aliphatic rings. The molecule has 1 heterocycles. The fourth-order valence-electron chi connectivity index (χ4n) is 2.44. The number of hydrogen-bond acceptors (Lipinski definition) is 6. The topological polar surface area (TPSA) is 107 Å². The Labute approximate surface area is 128 Å². The number of fused-ring (bicyclic) bond motifs is 1. The molecule has 8 heteroatoms. The molecular weight excluding hydrogens is 304 g/mol. The molecular formula is C14H16N4O3S. The lowest BCUT2D eigenvalue weighted by atomic mass is 10.2. The van der Waals surface area contributed by atoms with Crippen molar-refractivity contribution in [2.24, 2.45) is 0 Å². The predicted molar refractivity (Wildman–Crippen MR) is 82.3 cm³/mol. The van der Waals surface area contributed by atoms with Gasteiger partial charge in [-0.05, 0) is 43.5 Å². The van der Waals surface area contributed by atoms with E-state index in [4.69, 9.17) is 10.5 Å². The first-order chi connectivity index (χ1) is 10.5. The second kappa shape index (κ2) is 5.45. The first-order valence-electron chi connectivity index (χ1n) is 6.82. The Balaban J connectivity index is 1.94. The molecule has 0 amide bonds. The third-order valence-electron chi connectivity index (χ3n) is 3.50. The van der Waals surface area contributed by atoms with Crippen molar-refractivity contribution in [1.29, 1.82) is 0 Å². The van der Waals surface area contributed by atoms with E-state index in [1.807, 2.05) is 0 Å². The predicted octanol–water partition coefficient (Wildman–Crippen LogP) is 1.36. The largest absolute Gasteiger partial charge is 0.481 e. The average molecular weight is 320 g/mol. The van der Waals surface area contributed by atoms with Crippen molar-refractivity contribution in [3.63, 3.8) is 0 Å². The molecule has 0 bridgehead atoms. The fourth-order valence-corrected chi connectivity index (χ4v) is 3.38. The van der Waals surface area contributed by atoms with Crippen LogP contribution in [0.5, 0.6) is 5.88 Å². The van der Waals surface area contributed by atoms with Crippen LogP contribution in [0.1, 0.15) is 17.7 Å². The van der Waals surface area contributed by atoms with E-state index >= 15 is 0 Å². The standard InChI is InChI=1S/C14H16N4O3S/c1-21-13-11-3-2-4-12(11)16-14(17-13)18-22(19,20)10-7-5-9(15)6-8-10/h5-8H,2-4,15H2,1H3,(H,16,17,18). The van der Waals surface area contributed by atoms with Gasteiger partial charge in [-0.3, -0.25) is 0 Å². The van der Waals surface area contributed by atoms with E-state index in [1.54, 1.807) is 0 Å². The van der Waals surface area contributed by atoms with Crippen molar-refractivity contribution < 1.29 is 13.2 Å². The lowest BCUT2D eigenvalue weighted by Gasteiger charge is -2.11. The summed E-state index contributed by atoms with van der Waals surface area (Å²) in [5.41, 5.74) is 7.85. The SMILES string of the molecule is COc1nc(NS(=O)(=O)c2ccc(N)cc2)nc2c1CCC2. The maximum atomic E-state index is 12.3. The minimum absolute atomic E-state index is 0.0225. The number of benzene rings is 1. The Bertz CT molecular complexity index is 804. The molecule has 0 saturated heterocycles. The van der Waals surface area contributed by atoms with Gasteiger partial charge < -0.3 is 10.5 Å². The van der Waals surface area contributed by atoms with Crippen LogP contribution >= 0.6 is 0 Å². The highest BCUT2D eigenvalue weighted by molar-refractivity contribution is 7.92. The quantitative estimate of drug-likeness (QED) is 0.824. The van der Waals surface area contributed by atoms with Gasteiger partial charge in [-0.2, -0.15) is 4.98 Å². The third kappa shape index (κ3) is 2.69. The molecule has 0 unspecified atom stereocenters. The number of nitrogen functional groups attached to an aromatic ring is 1. The number of aromatic nitrogens is 2. The highest BCUT2D eigenvalue weighted by atomic mass is 32.2. The van der Waals surface area contributed by atoms with Gasteiger partial charge in [-0.25, -0.2) is 18.1 Å². The zero-order valence-corrected chi connectivity index (χ0v) is 12.9. The van der Waals surface area contributed by atoms with E-state index in [0.717, 1.165) is 30.5 Å². The number of nitrogens with zero attached hydrogens (tertiary/aromatic N) is 2. The molecule has 3 rings (SSSR count). The van der Waals surface area contributed by atoms with Crippen LogP contribution in [-0.2, 0) is 22.9 Å². The smallest absolute Gasteiger partial charge is 0.264 e. The lowest BCUT2D eigenvalue weighted by molar-refractivity contribution is 0.393. The summed E-state index contributed by atoms with van der Waals surface area (Å²) in [6.45, 7) is 0. The molecule has 0 atom stereocenters. The van der Waals surface area contributed by atoms with Gasteiger partial charge in [0.05, 0.1) is 17.7 Å². The van der Waals surface area contributed by atoms with E-state index in [-0.39, 0.29) is 10.8 Å². The first kappa shape index (κ1) is 14.6. The highest BCUT2D eigenvalue weighted by Crippen LogP contribution is 2.29. The number of sulfonamides is 1. The number of nitrogens with two attached hydrogens (primary N) is 1. The van der Waals surface area contributed by atoms with Crippen LogP contribution in [-0.4, -0.2) is 25.5 Å². The van der Waals surface area contributed by atoms with Crippen LogP contribution in [0.2, 0.25) is 0 Å². The molecule has 7 nitrogen and oxygen atoms in total. The molecule has 0 spiro atoms. The van der Waals surface area contributed by atoms with Gasteiger partial charge >= 0.3 is 0 Å². The van der Waals surface area contributed by atoms with Gasteiger partial charge in [0.1, 0.15) is 0 Å². The van der Waals surface area contributed by atoms with Gasteiger partial charge in [0.15, 0.2) is 0 Å². The monoisotopic (exact) mass is 320 g/mol. The summed E-state index contributed by atoms with van der Waals surface area (Å²) in [5, 5.41) is 0. The highest BCUT2D eigenvalue weighted by Gasteiger charge is 2.22. The lowest BCUT2D eigenvalue weighted by Crippen LogP contribution is -2.16. The third-order valence-corrected chi connectivity index (χ3v) is 4.85. The normalized spacial score (nSPS) is 13.7. The molecule has 0 aliphatic heterocycles. The van der Waals surface area contributed by atoms with Gasteiger partial charge in [0, 0.05) is 11.3 Å². The summed E-state index contributed by atoms with van der Waals surface area (Å²) in [7, 11) is -2.25. The first-order valence-corrected chi connectivity index (χ1v) is 8.30. The molecule has 3 N–H and O–H groups in total. The number of nitrogens with one attached hydrogen (secondary N) is 1.